The Hall–Kier alpha value is -2.43. The Kier molecular flexibility index (Phi) is 3.00. The van der Waals surface area contributed by atoms with Crippen LogP contribution < -0.4 is 10.5 Å². The smallest absolute Gasteiger partial charge is 0.198 e. The van der Waals surface area contributed by atoms with E-state index in [0.29, 0.717) is 22.6 Å². The van der Waals surface area contributed by atoms with Gasteiger partial charge in [0.2, 0.25) is 0 Å². The zero-order chi connectivity index (χ0) is 12.3. The first-order valence-electron chi connectivity index (χ1n) is 4.96. The molecule has 86 valence electrons. The summed E-state index contributed by atoms with van der Waals surface area (Å²) in [6.07, 6.45) is 4.27. The summed E-state index contributed by atoms with van der Waals surface area (Å²) in [5, 5.41) is 0. The van der Waals surface area contributed by atoms with Crippen molar-refractivity contribution in [2.24, 2.45) is 0 Å². The Bertz CT molecular complexity index is 541. The molecule has 0 unspecified atom stereocenters. The van der Waals surface area contributed by atoms with Gasteiger partial charge in [-0.2, -0.15) is 0 Å². The van der Waals surface area contributed by atoms with Gasteiger partial charge >= 0.3 is 0 Å². The molecule has 0 aliphatic heterocycles. The summed E-state index contributed by atoms with van der Waals surface area (Å²) in [5.74, 6) is 0.259. The normalized spacial score (nSPS) is 9.94. The molecule has 0 amide bonds. The van der Waals surface area contributed by atoms with Crippen LogP contribution in [0.2, 0.25) is 0 Å². The number of rotatable bonds is 3. The van der Waals surface area contributed by atoms with E-state index in [4.69, 9.17) is 10.5 Å². The van der Waals surface area contributed by atoms with Crippen molar-refractivity contribution in [2.45, 2.75) is 0 Å². The Morgan fingerprint density at radius 2 is 2.00 bits per heavy atom. The van der Waals surface area contributed by atoms with Gasteiger partial charge in [-0.1, -0.05) is 6.07 Å². The maximum atomic E-state index is 12.1. The van der Waals surface area contributed by atoms with Crippen LogP contribution in [0.5, 0.6) is 5.75 Å². The summed E-state index contributed by atoms with van der Waals surface area (Å²) < 4.78 is 5.06. The molecule has 0 spiro atoms. The van der Waals surface area contributed by atoms with Gasteiger partial charge in [-0.05, 0) is 12.1 Å². The van der Waals surface area contributed by atoms with Crippen LogP contribution in [0.15, 0.2) is 36.9 Å². The zero-order valence-corrected chi connectivity index (χ0v) is 9.25. The molecular formula is C12H11N3O2. The first-order valence-corrected chi connectivity index (χ1v) is 4.96. The number of methoxy groups -OCH3 is 1. The van der Waals surface area contributed by atoms with Crippen LogP contribution in [-0.4, -0.2) is 22.9 Å². The standard InChI is InChI=1S/C12H11N3O2/c1-17-10-4-2-3-9(11(10)13)12(16)8-5-14-7-15-6-8/h2-7H,13H2,1H3. The van der Waals surface area contributed by atoms with Gasteiger partial charge < -0.3 is 10.5 Å². The van der Waals surface area contributed by atoms with Crippen LogP contribution in [0.3, 0.4) is 0 Å². The van der Waals surface area contributed by atoms with Crippen LogP contribution >= 0.6 is 0 Å². The zero-order valence-electron chi connectivity index (χ0n) is 9.25. The van der Waals surface area contributed by atoms with Crippen molar-refractivity contribution in [1.82, 2.24) is 9.97 Å². The van der Waals surface area contributed by atoms with Gasteiger partial charge in [-0.3, -0.25) is 4.79 Å². The second-order valence-electron chi connectivity index (χ2n) is 3.38. The summed E-state index contributed by atoms with van der Waals surface area (Å²) in [6, 6.07) is 5.06. The quantitative estimate of drug-likeness (QED) is 0.634. The number of ether oxygens (including phenoxy) is 1. The molecule has 5 heteroatoms. The minimum Gasteiger partial charge on any atom is -0.495 e. The number of nitrogens with two attached hydrogens (primary N) is 1. The van der Waals surface area contributed by atoms with Gasteiger partial charge in [0.1, 0.15) is 12.1 Å². The van der Waals surface area contributed by atoms with E-state index < -0.39 is 0 Å². The molecular weight excluding hydrogens is 218 g/mol. The Morgan fingerprint density at radius 1 is 1.29 bits per heavy atom. The van der Waals surface area contributed by atoms with Crippen LogP contribution in [-0.2, 0) is 0 Å². The number of para-hydroxylation sites is 1. The fourth-order valence-electron chi connectivity index (χ4n) is 1.49. The molecule has 0 aliphatic carbocycles. The van der Waals surface area contributed by atoms with Gasteiger partial charge in [-0.25, -0.2) is 9.97 Å². The number of nitrogens with zero attached hydrogens (tertiary/aromatic N) is 2. The summed E-state index contributed by atoms with van der Waals surface area (Å²) in [7, 11) is 1.51. The topological polar surface area (TPSA) is 78.1 Å². The second kappa shape index (κ2) is 4.61. The average Bonchev–Trinajstić information content (AvgIpc) is 2.39. The van der Waals surface area contributed by atoms with Crippen LogP contribution in [0.25, 0.3) is 0 Å². The lowest BCUT2D eigenvalue weighted by molar-refractivity contribution is 0.103. The second-order valence-corrected chi connectivity index (χ2v) is 3.38. The van der Waals surface area contributed by atoms with E-state index in [1.165, 1.54) is 25.8 Å². The van der Waals surface area contributed by atoms with Gasteiger partial charge in [0.15, 0.2) is 5.78 Å². The van der Waals surface area contributed by atoms with Crippen LogP contribution in [0.1, 0.15) is 15.9 Å². The van der Waals surface area contributed by atoms with Crippen LogP contribution in [0.4, 0.5) is 5.69 Å². The van der Waals surface area contributed by atoms with Gasteiger partial charge in [-0.15, -0.1) is 0 Å². The van der Waals surface area contributed by atoms with Crippen molar-refractivity contribution < 1.29 is 9.53 Å². The molecule has 2 rings (SSSR count). The highest BCUT2D eigenvalue weighted by Crippen LogP contribution is 2.26. The van der Waals surface area contributed by atoms with E-state index in [1.807, 2.05) is 0 Å². The van der Waals surface area contributed by atoms with Crippen molar-refractivity contribution in [2.75, 3.05) is 12.8 Å². The molecule has 0 saturated heterocycles. The highest BCUT2D eigenvalue weighted by molar-refractivity contribution is 6.12. The number of carbonyl (C=O) groups is 1. The molecule has 0 bridgehead atoms. The van der Waals surface area contributed by atoms with E-state index >= 15 is 0 Å². The number of hydrogen-bond donors (Lipinski definition) is 1. The number of carbonyl (C=O) groups excluding carboxylic acids is 1. The highest BCUT2D eigenvalue weighted by Gasteiger charge is 2.15. The molecule has 0 atom stereocenters. The number of benzene rings is 1. The molecule has 2 aromatic rings. The van der Waals surface area contributed by atoms with Gasteiger partial charge in [0.05, 0.1) is 18.4 Å². The molecule has 5 nitrogen and oxygen atoms in total. The summed E-state index contributed by atoms with van der Waals surface area (Å²) >= 11 is 0. The first-order chi connectivity index (χ1) is 8.24. The average molecular weight is 229 g/mol. The summed E-state index contributed by atoms with van der Waals surface area (Å²) in [5.41, 5.74) is 6.95. The fraction of sp³-hybridized carbons (Fsp3) is 0.0833. The molecule has 0 aliphatic rings. The number of aromatic nitrogens is 2. The molecule has 1 aromatic heterocycles. The highest BCUT2D eigenvalue weighted by atomic mass is 16.5. The molecule has 1 aromatic carbocycles. The van der Waals surface area contributed by atoms with E-state index in [-0.39, 0.29) is 5.78 Å². The van der Waals surface area contributed by atoms with Crippen molar-refractivity contribution >= 4 is 11.5 Å². The number of ketones is 1. The molecule has 0 radical (unpaired) electrons. The van der Waals surface area contributed by atoms with E-state index in [9.17, 15) is 4.79 Å². The van der Waals surface area contributed by atoms with E-state index in [1.54, 1.807) is 18.2 Å². The SMILES string of the molecule is COc1cccc(C(=O)c2cncnc2)c1N. The monoisotopic (exact) mass is 229 g/mol. The minimum atomic E-state index is -0.220. The molecule has 0 saturated carbocycles. The lowest BCUT2D eigenvalue weighted by Crippen LogP contribution is -2.07. The third kappa shape index (κ3) is 2.08. The van der Waals surface area contributed by atoms with E-state index in [2.05, 4.69) is 9.97 Å². The predicted octanol–water partition coefficient (Wildman–Crippen LogP) is 1.30. The van der Waals surface area contributed by atoms with Crippen molar-refractivity contribution in [3.63, 3.8) is 0 Å². The van der Waals surface area contributed by atoms with Crippen LogP contribution in [0, 0.1) is 0 Å². The molecule has 0 fully saturated rings. The maximum Gasteiger partial charge on any atom is 0.198 e. The predicted molar refractivity (Wildman–Crippen MR) is 62.9 cm³/mol. The van der Waals surface area contributed by atoms with Crippen molar-refractivity contribution in [3.05, 3.63) is 48.0 Å². The molecule has 17 heavy (non-hydrogen) atoms. The summed E-state index contributed by atoms with van der Waals surface area (Å²) in [6.45, 7) is 0. The number of anilines is 1. The number of nitrogen functional groups attached to an aromatic ring is 1. The molecule has 1 heterocycles. The number of hydrogen-bond acceptors (Lipinski definition) is 5. The minimum absolute atomic E-state index is 0.220. The largest absolute Gasteiger partial charge is 0.495 e. The summed E-state index contributed by atoms with van der Waals surface area (Å²) in [4.78, 5) is 19.7. The maximum absolute atomic E-state index is 12.1. The lowest BCUT2D eigenvalue weighted by atomic mass is 10.0. The Balaban J connectivity index is 2.45. The first kappa shape index (κ1) is 11.1. The van der Waals surface area contributed by atoms with Crippen molar-refractivity contribution in [1.29, 1.82) is 0 Å². The fourth-order valence-corrected chi connectivity index (χ4v) is 1.49. The lowest BCUT2D eigenvalue weighted by Gasteiger charge is -2.08. The van der Waals surface area contributed by atoms with E-state index in [0.717, 1.165) is 0 Å². The third-order valence-corrected chi connectivity index (χ3v) is 2.35. The molecule has 2 N–H and O–H groups in total. The van der Waals surface area contributed by atoms with Gasteiger partial charge in [0.25, 0.3) is 0 Å². The third-order valence-electron chi connectivity index (χ3n) is 2.35. The Morgan fingerprint density at radius 3 is 2.65 bits per heavy atom. The Labute approximate surface area is 98.3 Å². The van der Waals surface area contributed by atoms with Gasteiger partial charge in [0, 0.05) is 18.0 Å². The van der Waals surface area contributed by atoms with Crippen molar-refractivity contribution in [3.8, 4) is 5.75 Å².